The number of carbonyl (C=O) groups is 1. The van der Waals surface area contributed by atoms with Crippen molar-refractivity contribution in [3.8, 4) is 0 Å². The van der Waals surface area contributed by atoms with Crippen molar-refractivity contribution >= 4 is 45.8 Å². The number of anilines is 1. The first-order chi connectivity index (χ1) is 10.2. The minimum absolute atomic E-state index is 0.205. The Balaban J connectivity index is 1.84. The van der Waals surface area contributed by atoms with Crippen molar-refractivity contribution in [1.29, 1.82) is 0 Å². The Hall–Kier alpha value is -2.12. The van der Waals surface area contributed by atoms with Gasteiger partial charge in [0, 0.05) is 6.08 Å². The van der Waals surface area contributed by atoms with E-state index in [-0.39, 0.29) is 11.0 Å². The highest BCUT2D eigenvalue weighted by molar-refractivity contribution is 7.80. The third-order valence-corrected chi connectivity index (χ3v) is 3.64. The second-order valence-corrected chi connectivity index (χ2v) is 5.51. The number of amides is 1. The van der Waals surface area contributed by atoms with Gasteiger partial charge in [0.2, 0.25) is 11.0 Å². The summed E-state index contributed by atoms with van der Waals surface area (Å²) in [5.74, 6) is -0.295. The first-order valence-corrected chi connectivity index (χ1v) is 7.57. The number of carbonyl (C=O) groups excluding carboxylic acids is 1. The third-order valence-electron chi connectivity index (χ3n) is 2.45. The highest BCUT2D eigenvalue weighted by Crippen LogP contribution is 2.14. The van der Waals surface area contributed by atoms with Gasteiger partial charge in [-0.2, -0.15) is 0 Å². The molecule has 108 valence electrons. The molecule has 1 aromatic heterocycles. The molecule has 0 radical (unpaired) electrons. The fourth-order valence-electron chi connectivity index (χ4n) is 1.46. The maximum absolute atomic E-state index is 11.7. The molecule has 0 saturated carbocycles. The van der Waals surface area contributed by atoms with Crippen LogP contribution in [0.3, 0.4) is 0 Å². The molecule has 1 heterocycles. The molecule has 2 rings (SSSR count). The molecule has 0 spiro atoms. The molecule has 0 unspecified atom stereocenters. The number of nitrogens with one attached hydrogen (secondary N) is 2. The molecule has 7 heteroatoms. The van der Waals surface area contributed by atoms with E-state index < -0.39 is 0 Å². The summed E-state index contributed by atoms with van der Waals surface area (Å²) in [5, 5.41) is 15.0. The minimum Gasteiger partial charge on any atom is -0.307 e. The molecule has 1 aromatic carbocycles. The second-order valence-electron chi connectivity index (χ2n) is 4.04. The Bertz CT molecular complexity index is 652. The summed E-state index contributed by atoms with van der Waals surface area (Å²) in [6, 6.07) is 9.56. The topological polar surface area (TPSA) is 66.9 Å². The molecule has 0 aliphatic heterocycles. The lowest BCUT2D eigenvalue weighted by Crippen LogP contribution is -2.32. The van der Waals surface area contributed by atoms with Crippen LogP contribution in [0.25, 0.3) is 6.08 Å². The van der Waals surface area contributed by atoms with E-state index in [4.69, 9.17) is 12.2 Å². The number of thiocarbonyl (C=S) groups is 1. The lowest BCUT2D eigenvalue weighted by Gasteiger charge is -2.03. The monoisotopic (exact) mass is 318 g/mol. The van der Waals surface area contributed by atoms with Crippen molar-refractivity contribution in [2.75, 3.05) is 5.32 Å². The van der Waals surface area contributed by atoms with E-state index >= 15 is 0 Å². The van der Waals surface area contributed by atoms with Gasteiger partial charge in [0.1, 0.15) is 5.01 Å². The molecule has 0 saturated heterocycles. The largest absolute Gasteiger partial charge is 0.307 e. The van der Waals surface area contributed by atoms with Gasteiger partial charge in [-0.1, -0.05) is 48.6 Å². The summed E-state index contributed by atoms with van der Waals surface area (Å²) >= 11 is 6.46. The van der Waals surface area contributed by atoms with Crippen LogP contribution >= 0.6 is 23.6 Å². The van der Waals surface area contributed by atoms with Crippen LogP contribution in [0.1, 0.15) is 17.5 Å². The Labute approximate surface area is 132 Å². The number of benzene rings is 1. The molecule has 1 amide bonds. The smallest absolute Gasteiger partial charge is 0.250 e. The lowest BCUT2D eigenvalue weighted by atomic mass is 10.2. The van der Waals surface area contributed by atoms with Gasteiger partial charge >= 0.3 is 0 Å². The van der Waals surface area contributed by atoms with Crippen LogP contribution in [0.2, 0.25) is 0 Å². The van der Waals surface area contributed by atoms with Gasteiger partial charge in [-0.3, -0.25) is 10.1 Å². The van der Waals surface area contributed by atoms with Crippen LogP contribution in [-0.4, -0.2) is 21.2 Å². The minimum atomic E-state index is -0.295. The Morgan fingerprint density at radius 3 is 2.76 bits per heavy atom. The van der Waals surface area contributed by atoms with Gasteiger partial charge in [0.25, 0.3) is 0 Å². The highest BCUT2D eigenvalue weighted by atomic mass is 32.1. The first-order valence-electron chi connectivity index (χ1n) is 6.35. The fraction of sp³-hybridized carbons (Fsp3) is 0.143. The SMILES string of the molecule is CCc1nnc(NC(=S)NC(=O)C=Cc2ccccc2)s1. The van der Waals surface area contributed by atoms with Crippen molar-refractivity contribution in [3.05, 3.63) is 47.0 Å². The van der Waals surface area contributed by atoms with E-state index in [0.717, 1.165) is 17.0 Å². The van der Waals surface area contributed by atoms with Gasteiger partial charge in [-0.05, 0) is 30.3 Å². The average molecular weight is 318 g/mol. The van der Waals surface area contributed by atoms with Crippen molar-refractivity contribution in [2.45, 2.75) is 13.3 Å². The van der Waals surface area contributed by atoms with Gasteiger partial charge in [-0.15, -0.1) is 10.2 Å². The number of aryl methyl sites for hydroxylation is 1. The van der Waals surface area contributed by atoms with Gasteiger partial charge < -0.3 is 5.32 Å². The molecule has 2 aromatic rings. The van der Waals surface area contributed by atoms with E-state index in [9.17, 15) is 4.79 Å². The van der Waals surface area contributed by atoms with Crippen molar-refractivity contribution in [3.63, 3.8) is 0 Å². The third kappa shape index (κ3) is 5.05. The summed E-state index contributed by atoms with van der Waals surface area (Å²) in [4.78, 5) is 11.7. The molecule has 0 fully saturated rings. The zero-order chi connectivity index (χ0) is 15.1. The molecule has 0 aliphatic rings. The summed E-state index contributed by atoms with van der Waals surface area (Å²) in [5.41, 5.74) is 0.947. The molecule has 0 aliphatic carbocycles. The van der Waals surface area contributed by atoms with Crippen LogP contribution < -0.4 is 10.6 Å². The van der Waals surface area contributed by atoms with E-state index in [2.05, 4.69) is 20.8 Å². The molecular weight excluding hydrogens is 304 g/mol. The molecule has 0 bridgehead atoms. The maximum Gasteiger partial charge on any atom is 0.250 e. The summed E-state index contributed by atoms with van der Waals surface area (Å²) in [6.07, 6.45) is 3.97. The second kappa shape index (κ2) is 7.61. The maximum atomic E-state index is 11.7. The predicted molar refractivity (Wildman–Crippen MR) is 89.1 cm³/mol. The molecule has 5 nitrogen and oxygen atoms in total. The van der Waals surface area contributed by atoms with Gasteiger partial charge in [0.05, 0.1) is 0 Å². The van der Waals surface area contributed by atoms with Crippen LogP contribution in [0.4, 0.5) is 5.13 Å². The van der Waals surface area contributed by atoms with E-state index in [1.165, 1.54) is 17.4 Å². The zero-order valence-electron chi connectivity index (χ0n) is 11.4. The number of nitrogens with zero attached hydrogens (tertiary/aromatic N) is 2. The van der Waals surface area contributed by atoms with Crippen LogP contribution in [-0.2, 0) is 11.2 Å². The number of rotatable bonds is 4. The quantitative estimate of drug-likeness (QED) is 0.670. The molecule has 21 heavy (non-hydrogen) atoms. The standard InChI is InChI=1S/C14H14N4OS2/c1-2-12-17-18-14(21-12)16-13(20)15-11(19)9-8-10-6-4-3-5-7-10/h3-9H,2H2,1H3,(H2,15,16,18,19,20). The summed E-state index contributed by atoms with van der Waals surface area (Å²) in [7, 11) is 0. The van der Waals surface area contributed by atoms with E-state index in [0.29, 0.717) is 5.13 Å². The number of hydrogen-bond acceptors (Lipinski definition) is 5. The summed E-state index contributed by atoms with van der Waals surface area (Å²) < 4.78 is 0. The van der Waals surface area contributed by atoms with Crippen molar-refractivity contribution in [2.24, 2.45) is 0 Å². The van der Waals surface area contributed by atoms with Gasteiger partial charge in [-0.25, -0.2) is 0 Å². The Morgan fingerprint density at radius 2 is 2.10 bits per heavy atom. The summed E-state index contributed by atoms with van der Waals surface area (Å²) in [6.45, 7) is 2.00. The Kier molecular flexibility index (Phi) is 5.53. The lowest BCUT2D eigenvalue weighted by molar-refractivity contribution is -0.115. The van der Waals surface area contributed by atoms with Crippen LogP contribution in [0.15, 0.2) is 36.4 Å². The van der Waals surface area contributed by atoms with Crippen LogP contribution in [0.5, 0.6) is 0 Å². The normalized spacial score (nSPS) is 10.5. The molecular formula is C14H14N4OS2. The zero-order valence-corrected chi connectivity index (χ0v) is 13.0. The number of aromatic nitrogens is 2. The van der Waals surface area contributed by atoms with Gasteiger partial charge in [0.15, 0.2) is 5.11 Å². The predicted octanol–water partition coefficient (Wildman–Crippen LogP) is 2.63. The van der Waals surface area contributed by atoms with E-state index in [1.807, 2.05) is 37.3 Å². The fourth-order valence-corrected chi connectivity index (χ4v) is 2.41. The van der Waals surface area contributed by atoms with Crippen molar-refractivity contribution < 1.29 is 4.79 Å². The van der Waals surface area contributed by atoms with E-state index in [1.54, 1.807) is 6.08 Å². The Morgan fingerprint density at radius 1 is 1.33 bits per heavy atom. The van der Waals surface area contributed by atoms with Crippen molar-refractivity contribution in [1.82, 2.24) is 15.5 Å². The average Bonchev–Trinajstić information content (AvgIpc) is 2.93. The molecule has 2 N–H and O–H groups in total. The first kappa shape index (κ1) is 15.3. The molecule has 0 atom stereocenters. The highest BCUT2D eigenvalue weighted by Gasteiger charge is 2.06. The van der Waals surface area contributed by atoms with Crippen LogP contribution in [0, 0.1) is 0 Å². The number of hydrogen-bond donors (Lipinski definition) is 2.